The summed E-state index contributed by atoms with van der Waals surface area (Å²) < 4.78 is 0. The van der Waals surface area contributed by atoms with Crippen LogP contribution in [0.4, 0.5) is 0 Å². The average molecular weight is 334 g/mol. The second kappa shape index (κ2) is 12.2. The number of nitrogens with zero attached hydrogens (tertiary/aromatic N) is 2. The monoisotopic (exact) mass is 333 g/mol. The number of aliphatic hydroxyl groups excluding tert-OH is 1. The van der Waals surface area contributed by atoms with Crippen molar-refractivity contribution in [3.8, 4) is 12.3 Å². The summed E-state index contributed by atoms with van der Waals surface area (Å²) in [5.74, 6) is 2.68. The lowest BCUT2D eigenvalue weighted by atomic mass is 9.98. The summed E-state index contributed by atoms with van der Waals surface area (Å²) in [6.07, 6.45) is 22.0. The second-order valence-corrected chi connectivity index (χ2v) is 6.89. The molecule has 0 aromatic heterocycles. The van der Waals surface area contributed by atoms with Gasteiger partial charge in [-0.2, -0.15) is 10.2 Å². The van der Waals surface area contributed by atoms with Crippen LogP contribution in [0, 0.1) is 12.3 Å². The Morgan fingerprint density at radius 1 is 1.08 bits per heavy atom. The first-order chi connectivity index (χ1) is 11.6. The van der Waals surface area contributed by atoms with Gasteiger partial charge in [-0.1, -0.05) is 44.8 Å². The molecule has 0 aromatic rings. The summed E-state index contributed by atoms with van der Waals surface area (Å²) in [6.45, 7) is 1.99. The lowest BCUT2D eigenvalue weighted by Gasteiger charge is -2.12. The van der Waals surface area contributed by atoms with Gasteiger partial charge in [0.05, 0.1) is 6.10 Å². The predicted molar refractivity (Wildman–Crippen MR) is 101 cm³/mol. The van der Waals surface area contributed by atoms with Gasteiger partial charge in [-0.05, 0) is 44.9 Å². The molecule has 4 nitrogen and oxygen atoms in total. The van der Waals surface area contributed by atoms with Crippen LogP contribution in [0.1, 0.15) is 84.0 Å². The van der Waals surface area contributed by atoms with Gasteiger partial charge in [0.1, 0.15) is 0 Å². The maximum atomic E-state index is 9.72. The normalized spacial score (nSPS) is 17.8. The van der Waals surface area contributed by atoms with E-state index in [-0.39, 0.29) is 11.7 Å². The van der Waals surface area contributed by atoms with Gasteiger partial charge in [-0.25, -0.2) is 0 Å². The molecule has 0 fully saturated rings. The van der Waals surface area contributed by atoms with Crippen LogP contribution in [0.15, 0.2) is 22.4 Å². The summed E-state index contributed by atoms with van der Waals surface area (Å²) in [6, 6.07) is -0.138. The van der Waals surface area contributed by atoms with E-state index in [4.69, 9.17) is 12.2 Å². The van der Waals surface area contributed by atoms with Crippen LogP contribution in [0.3, 0.4) is 0 Å². The molecule has 0 unspecified atom stereocenters. The zero-order chi connectivity index (χ0) is 17.7. The molecule has 0 saturated carbocycles. The van der Waals surface area contributed by atoms with E-state index in [1.807, 2.05) is 13.0 Å². The fourth-order valence-corrected chi connectivity index (χ4v) is 2.87. The average Bonchev–Trinajstić information content (AvgIpc) is 3.35. The van der Waals surface area contributed by atoms with Crippen molar-refractivity contribution in [2.45, 2.75) is 102 Å². The van der Waals surface area contributed by atoms with E-state index in [2.05, 4.69) is 22.2 Å². The molecule has 0 amide bonds. The van der Waals surface area contributed by atoms with Crippen LogP contribution in [-0.4, -0.2) is 22.9 Å². The summed E-state index contributed by atoms with van der Waals surface area (Å²) in [5, 5.41) is 18.2. The van der Waals surface area contributed by atoms with Crippen molar-refractivity contribution in [3.05, 3.63) is 12.2 Å². The van der Waals surface area contributed by atoms with Crippen molar-refractivity contribution in [1.29, 1.82) is 0 Å². The van der Waals surface area contributed by atoms with E-state index >= 15 is 0 Å². The fraction of sp³-hybridized carbons (Fsp3) is 0.800. The molecule has 0 aromatic carbocycles. The Kier molecular flexibility index (Phi) is 10.6. The van der Waals surface area contributed by atoms with Crippen molar-refractivity contribution in [1.82, 2.24) is 0 Å². The van der Waals surface area contributed by atoms with Crippen LogP contribution in [0.25, 0.3) is 0 Å². The first kappa shape index (κ1) is 20.9. The largest absolute Gasteiger partial charge is 0.387 e. The Balaban J connectivity index is 1.89. The molecule has 136 valence electrons. The summed E-state index contributed by atoms with van der Waals surface area (Å²) in [5.41, 5.74) is 5.72. The van der Waals surface area contributed by atoms with Gasteiger partial charge in [-0.3, -0.25) is 0 Å². The zero-order valence-corrected chi connectivity index (χ0v) is 15.3. The molecule has 1 heterocycles. The predicted octanol–water partition coefficient (Wildman–Crippen LogP) is 4.73. The number of nitrogens with two attached hydrogens (primary N) is 1. The van der Waals surface area contributed by atoms with Crippen LogP contribution in [0.5, 0.6) is 0 Å². The van der Waals surface area contributed by atoms with Crippen molar-refractivity contribution in [3.63, 3.8) is 0 Å². The molecule has 0 aliphatic carbocycles. The minimum atomic E-state index is -0.499. The molecule has 1 aliphatic heterocycles. The second-order valence-electron chi connectivity index (χ2n) is 6.89. The molecule has 1 aliphatic rings. The van der Waals surface area contributed by atoms with E-state index < -0.39 is 6.10 Å². The van der Waals surface area contributed by atoms with E-state index in [1.165, 1.54) is 38.5 Å². The highest BCUT2D eigenvalue weighted by molar-refractivity contribution is 4.95. The van der Waals surface area contributed by atoms with Crippen LogP contribution in [0.2, 0.25) is 0 Å². The van der Waals surface area contributed by atoms with Crippen molar-refractivity contribution in [2.75, 3.05) is 0 Å². The van der Waals surface area contributed by atoms with Gasteiger partial charge in [0.25, 0.3) is 0 Å². The van der Waals surface area contributed by atoms with Crippen LogP contribution in [-0.2, 0) is 0 Å². The third kappa shape index (κ3) is 9.20. The number of rotatable bonds is 15. The minimum Gasteiger partial charge on any atom is -0.387 e. The van der Waals surface area contributed by atoms with Crippen molar-refractivity contribution in [2.24, 2.45) is 16.0 Å². The van der Waals surface area contributed by atoms with Crippen molar-refractivity contribution < 1.29 is 5.11 Å². The van der Waals surface area contributed by atoms with Gasteiger partial charge >= 0.3 is 0 Å². The molecule has 0 spiro atoms. The lowest BCUT2D eigenvalue weighted by Crippen LogP contribution is -2.32. The van der Waals surface area contributed by atoms with Gasteiger partial charge in [0.2, 0.25) is 0 Å². The summed E-state index contributed by atoms with van der Waals surface area (Å²) >= 11 is 0. The van der Waals surface area contributed by atoms with Gasteiger partial charge in [0.15, 0.2) is 5.66 Å². The molecule has 24 heavy (non-hydrogen) atoms. The van der Waals surface area contributed by atoms with E-state index in [0.29, 0.717) is 0 Å². The SMILES string of the molecule is C#CCCCC1(CCCCCCCC/C=C/[C@@H](O)[C@@H](N)CC)N=N1. The number of hydrogen-bond acceptors (Lipinski definition) is 4. The van der Waals surface area contributed by atoms with Gasteiger partial charge < -0.3 is 10.8 Å². The molecule has 4 heteroatoms. The Labute approximate surface area is 148 Å². The van der Waals surface area contributed by atoms with Gasteiger partial charge in [-0.15, -0.1) is 12.3 Å². The summed E-state index contributed by atoms with van der Waals surface area (Å²) in [4.78, 5) is 0. The number of hydrogen-bond donors (Lipinski definition) is 2. The fourth-order valence-electron chi connectivity index (χ4n) is 2.87. The first-order valence-electron chi connectivity index (χ1n) is 9.61. The third-order valence-corrected chi connectivity index (χ3v) is 4.72. The number of aliphatic hydroxyl groups is 1. The Hall–Kier alpha value is -1.18. The highest BCUT2D eigenvalue weighted by Crippen LogP contribution is 2.38. The van der Waals surface area contributed by atoms with Crippen LogP contribution >= 0.6 is 0 Å². The van der Waals surface area contributed by atoms with Crippen molar-refractivity contribution >= 4 is 0 Å². The minimum absolute atomic E-state index is 0.0537. The zero-order valence-electron chi connectivity index (χ0n) is 15.3. The Morgan fingerprint density at radius 2 is 1.71 bits per heavy atom. The highest BCUT2D eigenvalue weighted by Gasteiger charge is 2.38. The first-order valence-corrected chi connectivity index (χ1v) is 9.61. The molecule has 0 saturated heterocycles. The number of terminal acetylenes is 1. The molecule has 1 rings (SSSR count). The molecule has 2 atom stereocenters. The molecule has 0 bridgehead atoms. The molecular formula is C20H35N3O. The number of unbranched alkanes of at least 4 members (excludes halogenated alkanes) is 7. The maximum absolute atomic E-state index is 9.72. The van der Waals surface area contributed by atoms with Crippen LogP contribution < -0.4 is 5.73 Å². The standard InChI is InChI=1S/C20H35N3O/c1-3-5-13-16-20(22-23-20)17-14-11-9-7-6-8-10-12-15-19(24)18(21)4-2/h1,12,15,18-19,24H,4-11,13-14,16-17,21H2,2H3/b15-12+/t18-,19+/m0/s1. The van der Waals surface area contributed by atoms with E-state index in [1.54, 1.807) is 0 Å². The molecule has 3 N–H and O–H groups in total. The summed E-state index contributed by atoms with van der Waals surface area (Å²) in [7, 11) is 0. The third-order valence-electron chi connectivity index (χ3n) is 4.72. The van der Waals surface area contributed by atoms with E-state index in [0.717, 1.165) is 38.5 Å². The Morgan fingerprint density at radius 3 is 2.33 bits per heavy atom. The lowest BCUT2D eigenvalue weighted by molar-refractivity contribution is 0.188. The van der Waals surface area contributed by atoms with E-state index in [9.17, 15) is 5.11 Å². The maximum Gasteiger partial charge on any atom is 0.191 e. The quantitative estimate of drug-likeness (QED) is 0.258. The van der Waals surface area contributed by atoms with Gasteiger partial charge in [0, 0.05) is 12.5 Å². The number of allylic oxidation sites excluding steroid dienone is 1. The topological polar surface area (TPSA) is 71.0 Å². The Bertz CT molecular complexity index is 419. The molecule has 0 radical (unpaired) electrons. The smallest absolute Gasteiger partial charge is 0.191 e. The molecular weight excluding hydrogens is 298 g/mol. The highest BCUT2D eigenvalue weighted by atomic mass is 16.3.